The molecule has 0 unspecified atom stereocenters. The fourth-order valence-corrected chi connectivity index (χ4v) is 1.24. The minimum atomic E-state index is 0.914. The van der Waals surface area contributed by atoms with Crippen molar-refractivity contribution in [3.8, 4) is 0 Å². The van der Waals surface area contributed by atoms with Gasteiger partial charge >= 0.3 is 0 Å². The van der Waals surface area contributed by atoms with Crippen molar-refractivity contribution in [2.45, 2.75) is 12.8 Å². The smallest absolute Gasteiger partial charge is 0.283 e. The van der Waals surface area contributed by atoms with Crippen LogP contribution < -0.4 is 0 Å². The largest absolute Gasteiger partial charge is 0.441 e. The van der Waals surface area contributed by atoms with Crippen molar-refractivity contribution in [3.63, 3.8) is 0 Å². The van der Waals surface area contributed by atoms with Crippen LogP contribution in [0.25, 0.3) is 0 Å². The summed E-state index contributed by atoms with van der Waals surface area (Å²) in [6, 6.07) is 10.3. The lowest BCUT2D eigenvalue weighted by molar-refractivity contribution is 0.546. The molecule has 1 aromatic carbocycles. The van der Waals surface area contributed by atoms with Crippen molar-refractivity contribution < 1.29 is 4.42 Å². The average Bonchev–Trinajstić information content (AvgIpc) is 2.69. The molecule has 0 N–H and O–H groups in total. The molecule has 0 bridgehead atoms. The van der Waals surface area contributed by atoms with Crippen molar-refractivity contribution in [3.05, 3.63) is 54.2 Å². The maximum Gasteiger partial charge on any atom is 0.283 e. The minimum absolute atomic E-state index is 0.914. The van der Waals surface area contributed by atoms with E-state index in [4.69, 9.17) is 4.42 Å². The first-order valence-corrected chi connectivity index (χ1v) is 4.29. The van der Waals surface area contributed by atoms with Gasteiger partial charge < -0.3 is 4.42 Å². The van der Waals surface area contributed by atoms with E-state index < -0.39 is 0 Å². The van der Waals surface area contributed by atoms with Gasteiger partial charge in [-0.15, -0.1) is 0 Å². The summed E-state index contributed by atoms with van der Waals surface area (Å²) in [6.45, 7) is 0. The van der Waals surface area contributed by atoms with Gasteiger partial charge in [-0.25, -0.2) is 4.98 Å². The lowest BCUT2D eigenvalue weighted by Crippen LogP contribution is -1.90. The predicted molar refractivity (Wildman–Crippen MR) is 49.2 cm³/mol. The summed E-state index contributed by atoms with van der Waals surface area (Å²) in [4.78, 5) is 3.94. The van der Waals surface area contributed by atoms with Gasteiger partial charge in [-0.1, -0.05) is 30.3 Å². The number of hydrogen-bond acceptors (Lipinski definition) is 2. The van der Waals surface area contributed by atoms with E-state index in [-0.39, 0.29) is 0 Å². The topological polar surface area (TPSA) is 26.0 Å². The van der Waals surface area contributed by atoms with Gasteiger partial charge in [0.1, 0.15) is 6.26 Å². The van der Waals surface area contributed by atoms with E-state index in [0.717, 1.165) is 18.5 Å². The molecule has 0 amide bonds. The van der Waals surface area contributed by atoms with Crippen LogP contribution in [0.1, 0.15) is 11.3 Å². The normalized spacial score (nSPS) is 10.2. The fraction of sp³-hybridized carbons (Fsp3) is 0.182. The number of oxazole rings is 1. The Kier molecular flexibility index (Phi) is 2.41. The highest BCUT2D eigenvalue weighted by atomic mass is 16.3. The standard InChI is InChI=1S/C11H10NO/c1-2-4-10(5-3-1)6-7-11-8-13-9-12-11/h1-5,8H,6-7H2. The van der Waals surface area contributed by atoms with E-state index >= 15 is 0 Å². The highest BCUT2D eigenvalue weighted by Crippen LogP contribution is 2.04. The molecule has 1 heterocycles. The molecule has 2 heteroatoms. The van der Waals surface area contributed by atoms with Crippen LogP contribution >= 0.6 is 0 Å². The Morgan fingerprint density at radius 1 is 1.15 bits per heavy atom. The molecule has 0 fully saturated rings. The summed E-state index contributed by atoms with van der Waals surface area (Å²) >= 11 is 0. The van der Waals surface area contributed by atoms with Crippen molar-refractivity contribution in [1.82, 2.24) is 4.98 Å². The Labute approximate surface area is 77.2 Å². The van der Waals surface area contributed by atoms with Crippen LogP contribution in [0.15, 0.2) is 41.0 Å². The quantitative estimate of drug-likeness (QED) is 0.709. The summed E-state index contributed by atoms with van der Waals surface area (Å²) in [6.07, 6.45) is 6.00. The summed E-state index contributed by atoms with van der Waals surface area (Å²) in [5, 5.41) is 0. The lowest BCUT2D eigenvalue weighted by atomic mass is 10.1. The molecule has 13 heavy (non-hydrogen) atoms. The highest BCUT2D eigenvalue weighted by molar-refractivity contribution is 5.15. The van der Waals surface area contributed by atoms with Crippen LogP contribution in [-0.4, -0.2) is 4.98 Å². The van der Waals surface area contributed by atoms with E-state index in [1.807, 2.05) is 18.2 Å². The van der Waals surface area contributed by atoms with Gasteiger partial charge in [-0.3, -0.25) is 0 Å². The maximum atomic E-state index is 4.77. The number of rotatable bonds is 3. The Hall–Kier alpha value is -1.57. The molecule has 1 aromatic heterocycles. The first-order valence-electron chi connectivity index (χ1n) is 4.29. The Bertz CT molecular complexity index is 340. The molecule has 1 radical (unpaired) electrons. The SMILES string of the molecule is [c]1nc(CCc2ccccc2)co1. The zero-order valence-corrected chi connectivity index (χ0v) is 7.23. The second kappa shape index (κ2) is 3.90. The molecule has 0 aliphatic carbocycles. The molecule has 0 aliphatic heterocycles. The van der Waals surface area contributed by atoms with Crippen LogP contribution in [0.4, 0.5) is 0 Å². The van der Waals surface area contributed by atoms with Crippen LogP contribution in [0.5, 0.6) is 0 Å². The first kappa shape index (κ1) is 8.05. The number of aromatic nitrogens is 1. The Morgan fingerprint density at radius 3 is 2.69 bits per heavy atom. The van der Waals surface area contributed by atoms with E-state index in [1.54, 1.807) is 6.26 Å². The van der Waals surface area contributed by atoms with Gasteiger partial charge in [0.2, 0.25) is 0 Å². The van der Waals surface area contributed by atoms with E-state index in [0.29, 0.717) is 0 Å². The van der Waals surface area contributed by atoms with Gasteiger partial charge in [0.15, 0.2) is 0 Å². The molecule has 0 spiro atoms. The molecular weight excluding hydrogens is 162 g/mol. The third-order valence-corrected chi connectivity index (χ3v) is 1.95. The molecule has 0 atom stereocenters. The van der Waals surface area contributed by atoms with Crippen molar-refractivity contribution in [1.29, 1.82) is 0 Å². The third-order valence-electron chi connectivity index (χ3n) is 1.95. The molecule has 0 saturated carbocycles. The third kappa shape index (κ3) is 2.18. The van der Waals surface area contributed by atoms with Crippen LogP contribution in [0, 0.1) is 6.39 Å². The van der Waals surface area contributed by atoms with Crippen molar-refractivity contribution >= 4 is 0 Å². The zero-order chi connectivity index (χ0) is 8.93. The summed E-state index contributed by atoms with van der Waals surface area (Å²) < 4.78 is 4.77. The number of aryl methyl sites for hydroxylation is 2. The van der Waals surface area contributed by atoms with Crippen molar-refractivity contribution in [2.24, 2.45) is 0 Å². The van der Waals surface area contributed by atoms with Crippen molar-refractivity contribution in [2.75, 3.05) is 0 Å². The Balaban J connectivity index is 1.94. The average molecular weight is 172 g/mol. The second-order valence-corrected chi connectivity index (χ2v) is 2.92. The summed E-state index contributed by atoms with van der Waals surface area (Å²) in [7, 11) is 0. The van der Waals surface area contributed by atoms with E-state index in [9.17, 15) is 0 Å². The van der Waals surface area contributed by atoms with Gasteiger partial charge in [0, 0.05) is 0 Å². The molecule has 0 saturated heterocycles. The van der Waals surface area contributed by atoms with Gasteiger partial charge in [-0.05, 0) is 18.4 Å². The highest BCUT2D eigenvalue weighted by Gasteiger charge is 1.97. The molecule has 2 nitrogen and oxygen atoms in total. The zero-order valence-electron chi connectivity index (χ0n) is 7.23. The lowest BCUT2D eigenvalue weighted by Gasteiger charge is -1.96. The van der Waals surface area contributed by atoms with Crippen LogP contribution in [0.3, 0.4) is 0 Å². The first-order chi connectivity index (χ1) is 6.45. The molecule has 0 aliphatic rings. The summed E-state index contributed by atoms with van der Waals surface area (Å²) in [5.74, 6) is 0. The van der Waals surface area contributed by atoms with E-state index in [1.165, 1.54) is 5.56 Å². The molecule has 2 aromatic rings. The minimum Gasteiger partial charge on any atom is -0.441 e. The predicted octanol–water partition coefficient (Wildman–Crippen LogP) is 2.26. The fourth-order valence-electron chi connectivity index (χ4n) is 1.24. The number of hydrogen-bond donors (Lipinski definition) is 0. The molecular formula is C11H10NO. The molecule has 65 valence electrons. The van der Waals surface area contributed by atoms with Crippen LogP contribution in [-0.2, 0) is 12.8 Å². The van der Waals surface area contributed by atoms with Gasteiger partial charge in [-0.2, -0.15) is 0 Å². The Morgan fingerprint density at radius 2 is 2.00 bits per heavy atom. The van der Waals surface area contributed by atoms with Crippen LogP contribution in [0.2, 0.25) is 0 Å². The summed E-state index contributed by atoms with van der Waals surface area (Å²) in [5.41, 5.74) is 2.29. The van der Waals surface area contributed by atoms with Gasteiger partial charge in [0.05, 0.1) is 5.69 Å². The number of benzene rings is 1. The van der Waals surface area contributed by atoms with Gasteiger partial charge in [0.25, 0.3) is 6.39 Å². The second-order valence-electron chi connectivity index (χ2n) is 2.92. The monoisotopic (exact) mass is 172 g/mol. The maximum absolute atomic E-state index is 4.77. The number of nitrogens with zero attached hydrogens (tertiary/aromatic N) is 1. The van der Waals surface area contributed by atoms with E-state index in [2.05, 4.69) is 23.5 Å². The molecule has 2 rings (SSSR count).